The molecule has 14 heavy (non-hydrogen) atoms. The van der Waals surface area contributed by atoms with E-state index in [1.54, 1.807) is 0 Å². The Labute approximate surface area is 90.1 Å². The zero-order valence-corrected chi connectivity index (χ0v) is 9.35. The van der Waals surface area contributed by atoms with E-state index < -0.39 is 0 Å². The third kappa shape index (κ3) is 1.82. The van der Waals surface area contributed by atoms with Crippen LogP contribution in [0, 0.1) is 0 Å². The van der Waals surface area contributed by atoms with E-state index in [2.05, 4.69) is 30.3 Å². The summed E-state index contributed by atoms with van der Waals surface area (Å²) in [5, 5.41) is 0. The Hall–Kier alpha value is -0.470. The van der Waals surface area contributed by atoms with E-state index in [1.165, 1.54) is 36.9 Å². The molecule has 0 aromatic heterocycles. The van der Waals surface area contributed by atoms with Crippen molar-refractivity contribution in [1.29, 1.82) is 0 Å². The summed E-state index contributed by atoms with van der Waals surface area (Å²) >= 11 is 1.47. The highest BCUT2D eigenvalue weighted by molar-refractivity contribution is 7.93. The SMILES string of the molecule is CSOCC1(c2ccccc2)CCC1. The van der Waals surface area contributed by atoms with Gasteiger partial charge >= 0.3 is 0 Å². The van der Waals surface area contributed by atoms with Crippen LogP contribution < -0.4 is 0 Å². The molecule has 1 nitrogen and oxygen atoms in total. The Morgan fingerprint density at radius 3 is 2.50 bits per heavy atom. The van der Waals surface area contributed by atoms with Gasteiger partial charge in [-0.2, -0.15) is 0 Å². The van der Waals surface area contributed by atoms with E-state index in [0.29, 0.717) is 5.41 Å². The molecule has 1 fully saturated rings. The highest BCUT2D eigenvalue weighted by atomic mass is 32.2. The molecule has 1 aromatic carbocycles. The van der Waals surface area contributed by atoms with Crippen LogP contribution in [-0.4, -0.2) is 12.9 Å². The Kier molecular flexibility index (Phi) is 3.14. The Balaban J connectivity index is 2.12. The minimum Gasteiger partial charge on any atom is -0.315 e. The van der Waals surface area contributed by atoms with Crippen LogP contribution in [0.5, 0.6) is 0 Å². The average Bonchev–Trinajstić information content (AvgIpc) is 2.18. The van der Waals surface area contributed by atoms with Crippen LogP contribution in [0.4, 0.5) is 0 Å². The largest absolute Gasteiger partial charge is 0.315 e. The van der Waals surface area contributed by atoms with Crippen LogP contribution in [-0.2, 0) is 9.60 Å². The maximum Gasteiger partial charge on any atom is 0.0710 e. The van der Waals surface area contributed by atoms with Crippen molar-refractivity contribution >= 4 is 12.0 Å². The molecule has 0 bridgehead atoms. The molecule has 0 radical (unpaired) electrons. The predicted molar refractivity (Wildman–Crippen MR) is 61.4 cm³/mol. The van der Waals surface area contributed by atoms with E-state index >= 15 is 0 Å². The van der Waals surface area contributed by atoms with Gasteiger partial charge < -0.3 is 4.18 Å². The molecule has 0 spiro atoms. The third-order valence-corrected chi connectivity index (χ3v) is 3.50. The summed E-state index contributed by atoms with van der Waals surface area (Å²) < 4.78 is 5.51. The second kappa shape index (κ2) is 4.37. The van der Waals surface area contributed by atoms with Crippen molar-refractivity contribution in [3.63, 3.8) is 0 Å². The van der Waals surface area contributed by atoms with E-state index in [-0.39, 0.29) is 0 Å². The van der Waals surface area contributed by atoms with E-state index in [0.717, 1.165) is 6.61 Å². The lowest BCUT2D eigenvalue weighted by Gasteiger charge is -2.41. The Morgan fingerprint density at radius 1 is 1.29 bits per heavy atom. The molecule has 0 aliphatic heterocycles. The fraction of sp³-hybridized carbons (Fsp3) is 0.500. The molecule has 2 heteroatoms. The lowest BCUT2D eigenvalue weighted by molar-refractivity contribution is 0.153. The van der Waals surface area contributed by atoms with Crippen molar-refractivity contribution in [2.45, 2.75) is 24.7 Å². The molecule has 2 rings (SSSR count). The number of benzene rings is 1. The standard InChI is InChI=1S/C12H16OS/c1-14-13-10-12(8-5-9-12)11-6-3-2-4-7-11/h2-4,6-7H,5,8-10H2,1H3. The maximum absolute atomic E-state index is 5.51. The molecule has 1 aliphatic carbocycles. The first kappa shape index (κ1) is 10.1. The minimum absolute atomic E-state index is 0.324. The van der Waals surface area contributed by atoms with Gasteiger partial charge in [-0.15, -0.1) is 0 Å². The second-order valence-electron chi connectivity index (χ2n) is 3.93. The van der Waals surface area contributed by atoms with Crippen LogP contribution in [0.3, 0.4) is 0 Å². The van der Waals surface area contributed by atoms with E-state index in [9.17, 15) is 0 Å². The summed E-state index contributed by atoms with van der Waals surface area (Å²) in [6.45, 7) is 0.859. The first-order chi connectivity index (χ1) is 6.87. The summed E-state index contributed by atoms with van der Waals surface area (Å²) in [6, 6.07) is 10.8. The predicted octanol–water partition coefficient (Wildman–Crippen LogP) is 3.40. The lowest BCUT2D eigenvalue weighted by Crippen LogP contribution is -2.38. The van der Waals surface area contributed by atoms with E-state index in [4.69, 9.17) is 4.18 Å². The highest BCUT2D eigenvalue weighted by Crippen LogP contribution is 2.44. The summed E-state index contributed by atoms with van der Waals surface area (Å²) in [5.74, 6) is 0. The van der Waals surface area contributed by atoms with Gasteiger partial charge in [0.25, 0.3) is 0 Å². The van der Waals surface area contributed by atoms with Crippen LogP contribution in [0.2, 0.25) is 0 Å². The molecule has 1 aromatic rings. The summed E-state index contributed by atoms with van der Waals surface area (Å²) in [6.07, 6.45) is 5.87. The molecule has 1 saturated carbocycles. The van der Waals surface area contributed by atoms with Crippen molar-refractivity contribution in [3.05, 3.63) is 35.9 Å². The van der Waals surface area contributed by atoms with Crippen LogP contribution in [0.15, 0.2) is 30.3 Å². The highest BCUT2D eigenvalue weighted by Gasteiger charge is 2.38. The van der Waals surface area contributed by atoms with Gasteiger partial charge in [-0.05, 0) is 30.4 Å². The van der Waals surface area contributed by atoms with Gasteiger partial charge in [-0.3, -0.25) is 0 Å². The Morgan fingerprint density at radius 2 is 2.00 bits per heavy atom. The number of hydrogen-bond donors (Lipinski definition) is 0. The van der Waals surface area contributed by atoms with Crippen LogP contribution in [0.1, 0.15) is 24.8 Å². The topological polar surface area (TPSA) is 9.23 Å². The van der Waals surface area contributed by atoms with E-state index in [1.807, 2.05) is 6.26 Å². The van der Waals surface area contributed by atoms with Crippen molar-refractivity contribution < 1.29 is 4.18 Å². The van der Waals surface area contributed by atoms with Crippen molar-refractivity contribution in [2.24, 2.45) is 0 Å². The average molecular weight is 208 g/mol. The lowest BCUT2D eigenvalue weighted by atomic mass is 9.65. The molecule has 0 heterocycles. The summed E-state index contributed by atoms with van der Waals surface area (Å²) in [5.41, 5.74) is 1.77. The molecular formula is C12H16OS. The summed E-state index contributed by atoms with van der Waals surface area (Å²) in [4.78, 5) is 0. The van der Waals surface area contributed by atoms with Crippen LogP contribution in [0.25, 0.3) is 0 Å². The van der Waals surface area contributed by atoms with Crippen molar-refractivity contribution in [3.8, 4) is 0 Å². The Bertz CT molecular complexity index is 280. The molecule has 0 atom stereocenters. The zero-order valence-electron chi connectivity index (χ0n) is 8.53. The van der Waals surface area contributed by atoms with Crippen molar-refractivity contribution in [2.75, 3.05) is 12.9 Å². The first-order valence-corrected chi connectivity index (χ1v) is 6.23. The molecular weight excluding hydrogens is 192 g/mol. The quantitative estimate of drug-likeness (QED) is 0.701. The van der Waals surface area contributed by atoms with Gasteiger partial charge in [-0.1, -0.05) is 36.8 Å². The monoisotopic (exact) mass is 208 g/mol. The normalized spacial score (nSPS) is 18.9. The smallest absolute Gasteiger partial charge is 0.0710 e. The second-order valence-corrected chi connectivity index (χ2v) is 4.50. The minimum atomic E-state index is 0.324. The van der Waals surface area contributed by atoms with Gasteiger partial charge in [0.15, 0.2) is 0 Å². The number of hydrogen-bond acceptors (Lipinski definition) is 2. The molecule has 1 aliphatic rings. The molecule has 76 valence electrons. The third-order valence-electron chi connectivity index (χ3n) is 3.15. The molecule has 0 unspecified atom stereocenters. The fourth-order valence-electron chi connectivity index (χ4n) is 2.08. The van der Waals surface area contributed by atoms with Gasteiger partial charge in [0.05, 0.1) is 6.61 Å². The zero-order chi connectivity index (χ0) is 9.86. The summed E-state index contributed by atoms with van der Waals surface area (Å²) in [7, 11) is 0. The fourth-order valence-corrected chi connectivity index (χ4v) is 2.43. The molecule has 0 amide bonds. The molecule has 0 N–H and O–H groups in total. The maximum atomic E-state index is 5.51. The molecule has 0 saturated heterocycles. The first-order valence-electron chi connectivity index (χ1n) is 5.08. The van der Waals surface area contributed by atoms with Crippen LogP contribution >= 0.6 is 12.0 Å². The van der Waals surface area contributed by atoms with Gasteiger partial charge in [0.2, 0.25) is 0 Å². The van der Waals surface area contributed by atoms with Gasteiger partial charge in [-0.25, -0.2) is 0 Å². The van der Waals surface area contributed by atoms with Crippen molar-refractivity contribution in [1.82, 2.24) is 0 Å². The number of rotatable bonds is 4. The van der Waals surface area contributed by atoms with Gasteiger partial charge in [0, 0.05) is 11.7 Å². The van der Waals surface area contributed by atoms with Gasteiger partial charge in [0.1, 0.15) is 0 Å².